The zero-order valence-corrected chi connectivity index (χ0v) is 16.3. The molecule has 3 aromatic rings. The van der Waals surface area contributed by atoms with E-state index in [0.717, 1.165) is 21.9 Å². The number of nitrogens with zero attached hydrogens (tertiary/aromatic N) is 1. The second-order valence-electron chi connectivity index (χ2n) is 5.47. The maximum Gasteiger partial charge on any atom is 0.234 e. The summed E-state index contributed by atoms with van der Waals surface area (Å²) in [5.41, 5.74) is 2.20. The summed E-state index contributed by atoms with van der Waals surface area (Å²) in [4.78, 5) is 16.8. The fraction of sp³-hybridized carbons (Fsp3) is 0.111. The van der Waals surface area contributed by atoms with Crippen LogP contribution in [0.15, 0.2) is 69.2 Å². The molecule has 0 spiro atoms. The third kappa shape index (κ3) is 4.72. The number of benzene rings is 2. The molecule has 1 amide bonds. The lowest BCUT2D eigenvalue weighted by atomic mass is 10.2. The summed E-state index contributed by atoms with van der Waals surface area (Å²) in [6.07, 6.45) is 1.12. The Labute approximate surface area is 160 Å². The molecule has 0 fully saturated rings. The number of nitrogens with one attached hydrogen (secondary N) is 1. The molecule has 2 aromatic carbocycles. The summed E-state index contributed by atoms with van der Waals surface area (Å²) in [5.74, 6) is -0.123. The Kier molecular flexibility index (Phi) is 5.75. The first-order valence-corrected chi connectivity index (χ1v) is 11.4. The summed E-state index contributed by atoms with van der Waals surface area (Å²) in [6, 6.07) is 16.2. The molecule has 0 saturated heterocycles. The monoisotopic (exact) mass is 404 g/mol. The number of hydrogen-bond donors (Lipinski definition) is 1. The average molecular weight is 405 g/mol. The van der Waals surface area contributed by atoms with Gasteiger partial charge in [-0.3, -0.25) is 4.79 Å². The van der Waals surface area contributed by atoms with Crippen molar-refractivity contribution in [1.29, 1.82) is 0 Å². The number of thiazole rings is 1. The van der Waals surface area contributed by atoms with Crippen molar-refractivity contribution >= 4 is 44.5 Å². The zero-order valence-electron chi connectivity index (χ0n) is 13.9. The van der Waals surface area contributed by atoms with E-state index in [1.807, 2.05) is 35.7 Å². The Bertz CT molecular complexity index is 1010. The van der Waals surface area contributed by atoms with Crippen LogP contribution < -0.4 is 5.32 Å². The lowest BCUT2D eigenvalue weighted by molar-refractivity contribution is -0.113. The number of anilines is 1. The van der Waals surface area contributed by atoms with E-state index < -0.39 is 9.84 Å². The number of rotatable bonds is 6. The minimum Gasteiger partial charge on any atom is -0.324 e. The molecule has 26 heavy (non-hydrogen) atoms. The van der Waals surface area contributed by atoms with Gasteiger partial charge in [-0.15, -0.1) is 11.3 Å². The molecule has 8 heteroatoms. The van der Waals surface area contributed by atoms with Crippen molar-refractivity contribution in [1.82, 2.24) is 4.98 Å². The van der Waals surface area contributed by atoms with Gasteiger partial charge in [0, 0.05) is 17.2 Å². The molecular formula is C18H16N2O3S3. The van der Waals surface area contributed by atoms with Crippen molar-refractivity contribution < 1.29 is 13.2 Å². The van der Waals surface area contributed by atoms with Gasteiger partial charge < -0.3 is 5.32 Å². The van der Waals surface area contributed by atoms with Crippen molar-refractivity contribution in [3.05, 3.63) is 60.0 Å². The van der Waals surface area contributed by atoms with Gasteiger partial charge in [-0.05, 0) is 12.1 Å². The predicted octanol–water partition coefficient (Wildman–Crippen LogP) is 3.94. The molecule has 0 aliphatic carbocycles. The molecule has 0 radical (unpaired) electrons. The fourth-order valence-electron chi connectivity index (χ4n) is 2.27. The van der Waals surface area contributed by atoms with Gasteiger partial charge in [-0.25, -0.2) is 13.4 Å². The average Bonchev–Trinajstić information content (AvgIpc) is 3.09. The Balaban J connectivity index is 1.63. The topological polar surface area (TPSA) is 76.1 Å². The van der Waals surface area contributed by atoms with E-state index in [4.69, 9.17) is 0 Å². The first-order chi connectivity index (χ1) is 12.4. The molecule has 134 valence electrons. The lowest BCUT2D eigenvalue weighted by Crippen LogP contribution is -2.16. The number of amides is 1. The minimum absolute atomic E-state index is 0.110. The summed E-state index contributed by atoms with van der Waals surface area (Å²) in [5, 5.41) is 4.62. The molecule has 0 aliphatic rings. The van der Waals surface area contributed by atoms with Crippen molar-refractivity contribution in [2.45, 2.75) is 9.24 Å². The molecule has 0 aliphatic heterocycles. The smallest absolute Gasteiger partial charge is 0.234 e. The van der Waals surface area contributed by atoms with Gasteiger partial charge in [-0.1, -0.05) is 54.2 Å². The number of sulfone groups is 1. The van der Waals surface area contributed by atoms with Gasteiger partial charge in [0.05, 0.1) is 22.0 Å². The first kappa shape index (κ1) is 18.6. The second-order valence-corrected chi connectivity index (χ2v) is 9.53. The van der Waals surface area contributed by atoms with Crippen molar-refractivity contribution in [2.75, 3.05) is 17.3 Å². The van der Waals surface area contributed by atoms with Crippen molar-refractivity contribution in [2.24, 2.45) is 0 Å². The highest BCUT2D eigenvalue weighted by molar-refractivity contribution is 8.01. The zero-order chi connectivity index (χ0) is 18.6. The van der Waals surface area contributed by atoms with Crippen LogP contribution in [-0.2, 0) is 14.6 Å². The molecule has 1 N–H and O–H groups in total. The molecule has 0 saturated carbocycles. The minimum atomic E-state index is -3.41. The number of aromatic nitrogens is 1. The van der Waals surface area contributed by atoms with Gasteiger partial charge in [0.25, 0.3) is 0 Å². The van der Waals surface area contributed by atoms with Crippen molar-refractivity contribution in [3.8, 4) is 11.3 Å². The largest absolute Gasteiger partial charge is 0.324 e. The molecule has 0 bridgehead atoms. The molecule has 0 unspecified atom stereocenters. The summed E-state index contributed by atoms with van der Waals surface area (Å²) >= 11 is 2.80. The van der Waals surface area contributed by atoms with Crippen LogP contribution in [0, 0.1) is 0 Å². The molecule has 1 heterocycles. The number of hydrogen-bond acceptors (Lipinski definition) is 6. The standard InChI is InChI=1S/C18H16N2O3S3/c1-26(22,23)16-10-6-5-9-14(16)19-17(21)12-25-18-20-15(11-24-18)13-7-3-2-4-8-13/h2-11H,12H2,1H3,(H,19,21). The van der Waals surface area contributed by atoms with Crippen LogP contribution in [0.1, 0.15) is 0 Å². The van der Waals surface area contributed by atoms with Gasteiger partial charge in [0.2, 0.25) is 5.91 Å². The number of thioether (sulfide) groups is 1. The summed E-state index contributed by atoms with van der Waals surface area (Å²) in [7, 11) is -3.41. The summed E-state index contributed by atoms with van der Waals surface area (Å²) < 4.78 is 24.4. The van der Waals surface area contributed by atoms with Crippen molar-refractivity contribution in [3.63, 3.8) is 0 Å². The number of carbonyl (C=O) groups is 1. The lowest BCUT2D eigenvalue weighted by Gasteiger charge is -2.09. The molecule has 0 atom stereocenters. The van der Waals surface area contributed by atoms with E-state index in [-0.39, 0.29) is 16.6 Å². The highest BCUT2D eigenvalue weighted by Crippen LogP contribution is 2.28. The SMILES string of the molecule is CS(=O)(=O)c1ccccc1NC(=O)CSc1nc(-c2ccccc2)cs1. The fourth-order valence-corrected chi connectivity index (χ4v) is 4.75. The highest BCUT2D eigenvalue weighted by atomic mass is 32.2. The molecule has 5 nitrogen and oxygen atoms in total. The maximum absolute atomic E-state index is 12.2. The van der Waals surface area contributed by atoms with Gasteiger partial charge in [0.15, 0.2) is 14.2 Å². The highest BCUT2D eigenvalue weighted by Gasteiger charge is 2.15. The predicted molar refractivity (Wildman–Crippen MR) is 106 cm³/mol. The van der Waals surface area contributed by atoms with Crippen LogP contribution in [0.5, 0.6) is 0 Å². The Morgan fingerprint density at radius 3 is 2.54 bits per heavy atom. The normalized spacial score (nSPS) is 11.3. The quantitative estimate of drug-likeness (QED) is 0.630. The van der Waals surface area contributed by atoms with E-state index in [1.165, 1.54) is 29.2 Å². The second kappa shape index (κ2) is 8.03. The number of para-hydroxylation sites is 1. The molecular weight excluding hydrogens is 388 g/mol. The Morgan fingerprint density at radius 2 is 1.81 bits per heavy atom. The van der Waals surface area contributed by atoms with E-state index in [1.54, 1.807) is 18.2 Å². The van der Waals surface area contributed by atoms with Crippen LogP contribution in [0.4, 0.5) is 5.69 Å². The third-order valence-corrected chi connectivity index (χ3v) is 6.62. The third-order valence-electron chi connectivity index (χ3n) is 3.44. The first-order valence-electron chi connectivity index (χ1n) is 7.66. The van der Waals surface area contributed by atoms with Crippen LogP contribution in [0.3, 0.4) is 0 Å². The van der Waals surface area contributed by atoms with E-state index in [2.05, 4.69) is 10.3 Å². The Hall–Kier alpha value is -2.16. The maximum atomic E-state index is 12.2. The Morgan fingerprint density at radius 1 is 1.12 bits per heavy atom. The van der Waals surface area contributed by atoms with Crippen LogP contribution in [-0.4, -0.2) is 31.3 Å². The van der Waals surface area contributed by atoms with E-state index in [9.17, 15) is 13.2 Å². The molecule has 3 rings (SSSR count). The van der Waals surface area contributed by atoms with Gasteiger partial charge >= 0.3 is 0 Å². The van der Waals surface area contributed by atoms with E-state index >= 15 is 0 Å². The van der Waals surface area contributed by atoms with Gasteiger partial charge in [-0.2, -0.15) is 0 Å². The summed E-state index contributed by atoms with van der Waals surface area (Å²) in [6.45, 7) is 0. The molecule has 1 aromatic heterocycles. The van der Waals surface area contributed by atoms with Crippen LogP contribution in [0.2, 0.25) is 0 Å². The van der Waals surface area contributed by atoms with Crippen LogP contribution >= 0.6 is 23.1 Å². The van der Waals surface area contributed by atoms with Crippen LogP contribution in [0.25, 0.3) is 11.3 Å². The van der Waals surface area contributed by atoms with Gasteiger partial charge in [0.1, 0.15) is 0 Å². The van der Waals surface area contributed by atoms with E-state index in [0.29, 0.717) is 5.69 Å². The number of carbonyl (C=O) groups excluding carboxylic acids is 1.